The Morgan fingerprint density at radius 2 is 1.83 bits per heavy atom. The van der Waals surface area contributed by atoms with E-state index >= 15 is 0 Å². The molecule has 0 aliphatic carbocycles. The third-order valence-corrected chi connectivity index (χ3v) is 5.77. The van der Waals surface area contributed by atoms with E-state index in [0.717, 1.165) is 16.6 Å². The Labute approximate surface area is 174 Å². The minimum Gasteiger partial charge on any atom is -0.383 e. The molecule has 0 aliphatic heterocycles. The van der Waals surface area contributed by atoms with E-state index in [1.54, 1.807) is 43.5 Å². The van der Waals surface area contributed by atoms with Crippen LogP contribution in [0.4, 0.5) is 11.4 Å². The van der Waals surface area contributed by atoms with Gasteiger partial charge in [0.2, 0.25) is 10.0 Å². The first-order chi connectivity index (χ1) is 13.9. The number of carbonyl (C=O) groups is 1. The van der Waals surface area contributed by atoms with Crippen LogP contribution in [0.1, 0.15) is 17.3 Å². The first-order valence-corrected chi connectivity index (χ1v) is 11.1. The van der Waals surface area contributed by atoms with E-state index in [0.29, 0.717) is 29.4 Å². The highest BCUT2D eigenvalue weighted by atomic mass is 35.5. The van der Waals surface area contributed by atoms with Crippen LogP contribution in [0.25, 0.3) is 10.9 Å². The Morgan fingerprint density at radius 1 is 1.07 bits per heavy atom. The summed E-state index contributed by atoms with van der Waals surface area (Å²) in [5.74, 6) is -0.245. The molecule has 3 aromatic rings. The second-order valence-electron chi connectivity index (χ2n) is 6.29. The van der Waals surface area contributed by atoms with Crippen LogP contribution >= 0.6 is 11.6 Å². The number of carbonyl (C=O) groups excluding carboxylic acids is 1. The lowest BCUT2D eigenvalue weighted by atomic mass is 10.2. The predicted molar refractivity (Wildman–Crippen MR) is 117 cm³/mol. The molecule has 1 amide bonds. The number of nitrogens with one attached hydrogen (secondary N) is 3. The van der Waals surface area contributed by atoms with Crippen molar-refractivity contribution in [3.63, 3.8) is 0 Å². The zero-order chi connectivity index (χ0) is 20.9. The third-order valence-electron chi connectivity index (χ3n) is 4.23. The average Bonchev–Trinajstić information content (AvgIpc) is 2.71. The fraction of sp³-hybridized carbons (Fsp3) is 0.200. The van der Waals surface area contributed by atoms with Crippen molar-refractivity contribution in [2.75, 3.05) is 28.9 Å². The number of anilines is 2. The summed E-state index contributed by atoms with van der Waals surface area (Å²) in [6, 6.07) is 13.7. The van der Waals surface area contributed by atoms with Crippen LogP contribution in [0.5, 0.6) is 0 Å². The van der Waals surface area contributed by atoms with Gasteiger partial charge in [-0.15, -0.1) is 0 Å². The van der Waals surface area contributed by atoms with E-state index in [1.165, 1.54) is 0 Å². The topological polar surface area (TPSA) is 100 Å². The number of hydrogen-bond acceptors (Lipinski definition) is 5. The molecule has 0 bridgehead atoms. The van der Waals surface area contributed by atoms with Crippen LogP contribution in [0.15, 0.2) is 54.7 Å². The number of sulfonamides is 1. The maximum atomic E-state index is 12.3. The molecule has 9 heteroatoms. The zero-order valence-electron chi connectivity index (χ0n) is 15.8. The average molecular weight is 433 g/mol. The van der Waals surface area contributed by atoms with Gasteiger partial charge in [-0.05, 0) is 55.5 Å². The van der Waals surface area contributed by atoms with Gasteiger partial charge in [-0.2, -0.15) is 0 Å². The number of benzene rings is 2. The van der Waals surface area contributed by atoms with Crippen LogP contribution in [0.2, 0.25) is 5.02 Å². The van der Waals surface area contributed by atoms with E-state index in [4.69, 9.17) is 11.6 Å². The van der Waals surface area contributed by atoms with E-state index in [1.807, 2.05) is 18.2 Å². The van der Waals surface area contributed by atoms with Gasteiger partial charge >= 0.3 is 0 Å². The molecule has 0 saturated heterocycles. The number of nitrogens with zero attached hydrogens (tertiary/aromatic N) is 1. The number of rotatable bonds is 8. The highest BCUT2D eigenvalue weighted by Crippen LogP contribution is 2.24. The molecular weight excluding hydrogens is 412 g/mol. The molecule has 7 nitrogen and oxygen atoms in total. The van der Waals surface area contributed by atoms with Crippen molar-refractivity contribution in [2.24, 2.45) is 0 Å². The third kappa shape index (κ3) is 5.58. The van der Waals surface area contributed by atoms with Gasteiger partial charge in [-0.25, -0.2) is 8.42 Å². The fourth-order valence-electron chi connectivity index (χ4n) is 2.69. The van der Waals surface area contributed by atoms with Crippen molar-refractivity contribution in [1.29, 1.82) is 0 Å². The number of hydrogen-bond donors (Lipinski definition) is 3. The Hall–Kier alpha value is -2.84. The quantitative estimate of drug-likeness (QED) is 0.473. The summed E-state index contributed by atoms with van der Waals surface area (Å²) in [5, 5.41) is 7.69. The molecule has 0 fully saturated rings. The lowest BCUT2D eigenvalue weighted by Crippen LogP contribution is -2.28. The van der Waals surface area contributed by atoms with E-state index in [9.17, 15) is 13.2 Å². The highest BCUT2D eigenvalue weighted by Gasteiger charge is 2.09. The van der Waals surface area contributed by atoms with Crippen LogP contribution in [-0.4, -0.2) is 38.2 Å². The molecule has 0 radical (unpaired) electrons. The smallest absolute Gasteiger partial charge is 0.251 e. The van der Waals surface area contributed by atoms with Crippen molar-refractivity contribution in [3.8, 4) is 0 Å². The summed E-state index contributed by atoms with van der Waals surface area (Å²) >= 11 is 6.00. The molecule has 29 heavy (non-hydrogen) atoms. The van der Waals surface area contributed by atoms with Crippen molar-refractivity contribution in [3.05, 3.63) is 65.3 Å². The van der Waals surface area contributed by atoms with E-state index < -0.39 is 10.0 Å². The summed E-state index contributed by atoms with van der Waals surface area (Å²) in [6.45, 7) is 2.50. The highest BCUT2D eigenvalue weighted by molar-refractivity contribution is 7.92. The van der Waals surface area contributed by atoms with Gasteiger partial charge in [0.15, 0.2) is 0 Å². The van der Waals surface area contributed by atoms with Crippen LogP contribution in [-0.2, 0) is 10.0 Å². The van der Waals surface area contributed by atoms with Crippen LogP contribution in [0, 0.1) is 0 Å². The van der Waals surface area contributed by atoms with Gasteiger partial charge in [-0.1, -0.05) is 11.6 Å². The van der Waals surface area contributed by atoms with Crippen LogP contribution in [0.3, 0.4) is 0 Å². The van der Waals surface area contributed by atoms with Gasteiger partial charge in [0, 0.05) is 46.6 Å². The monoisotopic (exact) mass is 432 g/mol. The molecule has 2 aromatic carbocycles. The summed E-state index contributed by atoms with van der Waals surface area (Å²) in [6.07, 6.45) is 1.70. The maximum Gasteiger partial charge on any atom is 0.251 e. The number of amides is 1. The van der Waals surface area contributed by atoms with Gasteiger partial charge in [0.25, 0.3) is 5.91 Å². The van der Waals surface area contributed by atoms with Gasteiger partial charge < -0.3 is 10.6 Å². The molecule has 0 unspecified atom stereocenters. The Morgan fingerprint density at radius 3 is 2.55 bits per heavy atom. The Balaban J connectivity index is 1.53. The molecule has 1 heterocycles. The van der Waals surface area contributed by atoms with Crippen molar-refractivity contribution < 1.29 is 13.2 Å². The molecule has 0 saturated carbocycles. The van der Waals surface area contributed by atoms with Gasteiger partial charge in [-0.3, -0.25) is 14.5 Å². The largest absolute Gasteiger partial charge is 0.383 e. The molecule has 0 spiro atoms. The number of aromatic nitrogens is 1. The zero-order valence-corrected chi connectivity index (χ0v) is 17.3. The normalized spacial score (nSPS) is 11.2. The summed E-state index contributed by atoms with van der Waals surface area (Å²) in [7, 11) is -3.34. The first-order valence-electron chi connectivity index (χ1n) is 9.05. The summed E-state index contributed by atoms with van der Waals surface area (Å²) in [5.41, 5.74) is 2.59. The molecular formula is C20H21ClN4O3S. The number of fused-ring (bicyclic) bond motifs is 1. The SMILES string of the molecule is CCS(=O)(=O)Nc1ccc(C(=O)NCCNc2ccnc3cc(Cl)ccc23)cc1. The van der Waals surface area contributed by atoms with Crippen molar-refractivity contribution in [1.82, 2.24) is 10.3 Å². The molecule has 0 atom stereocenters. The summed E-state index contributed by atoms with van der Waals surface area (Å²) in [4.78, 5) is 16.6. The van der Waals surface area contributed by atoms with Gasteiger partial charge in [0.1, 0.15) is 0 Å². The Bertz CT molecular complexity index is 1120. The van der Waals surface area contributed by atoms with E-state index in [-0.39, 0.29) is 11.7 Å². The van der Waals surface area contributed by atoms with E-state index in [2.05, 4.69) is 20.3 Å². The van der Waals surface area contributed by atoms with Crippen LogP contribution < -0.4 is 15.4 Å². The Kier molecular flexibility index (Phi) is 6.56. The second kappa shape index (κ2) is 9.11. The molecule has 152 valence electrons. The predicted octanol–water partition coefficient (Wildman–Crippen LogP) is 3.49. The maximum absolute atomic E-state index is 12.3. The van der Waals surface area contributed by atoms with Crippen molar-refractivity contribution >= 4 is 49.8 Å². The number of halogens is 1. The minimum absolute atomic E-state index is 0.0119. The second-order valence-corrected chi connectivity index (χ2v) is 8.73. The van der Waals surface area contributed by atoms with Crippen molar-refractivity contribution in [2.45, 2.75) is 6.92 Å². The molecule has 1 aromatic heterocycles. The lowest BCUT2D eigenvalue weighted by Gasteiger charge is -2.11. The lowest BCUT2D eigenvalue weighted by molar-refractivity contribution is 0.0955. The fourth-order valence-corrected chi connectivity index (χ4v) is 3.50. The molecule has 3 rings (SSSR count). The number of pyridine rings is 1. The first kappa shape index (κ1) is 20.9. The minimum atomic E-state index is -3.34. The summed E-state index contributed by atoms with van der Waals surface area (Å²) < 4.78 is 25.6. The molecule has 3 N–H and O–H groups in total. The van der Waals surface area contributed by atoms with Gasteiger partial charge in [0.05, 0.1) is 11.3 Å². The standard InChI is InChI=1S/C20H21ClN4O3S/c1-2-29(27,28)25-16-6-3-14(4-7-16)20(26)24-12-11-23-18-9-10-22-19-13-15(21)5-8-17(18)19/h3-10,13,25H,2,11-12H2,1H3,(H,22,23)(H,24,26). The molecule has 0 aliphatic rings.